The van der Waals surface area contributed by atoms with Gasteiger partial charge in [0.1, 0.15) is 0 Å². The molecule has 1 rings (SSSR count). The monoisotopic (exact) mass is 261 g/mol. The molecule has 3 nitrogen and oxygen atoms in total. The van der Waals surface area contributed by atoms with Crippen LogP contribution in [0.15, 0.2) is 24.3 Å². The fourth-order valence-electron chi connectivity index (χ4n) is 2.32. The highest BCUT2D eigenvalue weighted by atomic mass is 16.4. The number of aliphatic carboxylic acids is 1. The van der Waals surface area contributed by atoms with Gasteiger partial charge in [-0.15, -0.1) is 0 Å². The fourth-order valence-corrected chi connectivity index (χ4v) is 2.32. The molecule has 19 heavy (non-hydrogen) atoms. The third-order valence-corrected chi connectivity index (χ3v) is 3.46. The van der Waals surface area contributed by atoms with E-state index in [0.717, 1.165) is 29.7 Å². The molecule has 1 N–H and O–H groups in total. The lowest BCUT2D eigenvalue weighted by atomic mass is 10.0. The van der Waals surface area contributed by atoms with E-state index in [0.29, 0.717) is 6.04 Å². The van der Waals surface area contributed by atoms with Gasteiger partial charge in [-0.1, -0.05) is 25.5 Å². The average Bonchev–Trinajstić information content (AvgIpc) is 2.37. The predicted molar refractivity (Wildman–Crippen MR) is 80.6 cm³/mol. The molecule has 0 aliphatic rings. The molecule has 0 aromatic heterocycles. The number of aryl methyl sites for hydroxylation is 1. The highest BCUT2D eigenvalue weighted by molar-refractivity contribution is 5.87. The molecular formula is C16H23NO2. The van der Waals surface area contributed by atoms with Crippen LogP contribution in [0.3, 0.4) is 0 Å². The van der Waals surface area contributed by atoms with Gasteiger partial charge in [0.25, 0.3) is 0 Å². The van der Waals surface area contributed by atoms with Gasteiger partial charge >= 0.3 is 5.97 Å². The maximum atomic E-state index is 10.7. The van der Waals surface area contributed by atoms with Crippen molar-refractivity contribution in [1.82, 2.24) is 0 Å². The van der Waals surface area contributed by atoms with E-state index in [-0.39, 0.29) is 0 Å². The van der Waals surface area contributed by atoms with Crippen LogP contribution in [0, 0.1) is 6.92 Å². The van der Waals surface area contributed by atoms with E-state index in [1.54, 1.807) is 6.08 Å². The Morgan fingerprint density at radius 2 is 2.00 bits per heavy atom. The van der Waals surface area contributed by atoms with Crippen molar-refractivity contribution in [3.63, 3.8) is 0 Å². The molecule has 1 aromatic carbocycles. The van der Waals surface area contributed by atoms with E-state index in [1.807, 2.05) is 13.0 Å². The second-order valence-corrected chi connectivity index (χ2v) is 4.82. The zero-order chi connectivity index (χ0) is 14.4. The number of hydrogen-bond acceptors (Lipinski definition) is 2. The minimum absolute atomic E-state index is 0.472. The average molecular weight is 261 g/mol. The van der Waals surface area contributed by atoms with Crippen LogP contribution in [-0.4, -0.2) is 24.2 Å². The Labute approximate surface area is 115 Å². The normalized spacial score (nSPS) is 11.2. The van der Waals surface area contributed by atoms with Gasteiger partial charge < -0.3 is 10.0 Å². The van der Waals surface area contributed by atoms with Gasteiger partial charge in [0.15, 0.2) is 0 Å². The fraction of sp³-hybridized carbons (Fsp3) is 0.438. The second-order valence-electron chi connectivity index (χ2n) is 4.82. The maximum absolute atomic E-state index is 10.7. The Bertz CT molecular complexity index is 462. The minimum Gasteiger partial charge on any atom is -0.478 e. The molecule has 0 fully saturated rings. The first kappa shape index (κ1) is 15.3. The van der Waals surface area contributed by atoms with Crippen molar-refractivity contribution in [1.29, 1.82) is 0 Å². The van der Waals surface area contributed by atoms with Crippen molar-refractivity contribution in [3.05, 3.63) is 35.4 Å². The summed E-state index contributed by atoms with van der Waals surface area (Å²) >= 11 is 0. The number of carboxylic acid groups (broad SMARTS) is 1. The Balaban J connectivity index is 3.15. The standard InChI is InChI=1S/C16H23NO2/c1-5-14(6-2)17(4)15-9-7-12(3)11-13(15)8-10-16(18)19/h7-11,14H,5-6H2,1-4H3,(H,18,19)/b10-8+. The number of carboxylic acids is 1. The van der Waals surface area contributed by atoms with Crippen LogP contribution in [0.1, 0.15) is 37.8 Å². The Kier molecular flexibility index (Phi) is 5.61. The number of benzene rings is 1. The third-order valence-electron chi connectivity index (χ3n) is 3.46. The molecule has 0 saturated carbocycles. The van der Waals surface area contributed by atoms with Crippen molar-refractivity contribution in [2.75, 3.05) is 11.9 Å². The van der Waals surface area contributed by atoms with Crippen LogP contribution >= 0.6 is 0 Å². The van der Waals surface area contributed by atoms with Crippen LogP contribution in [0.25, 0.3) is 6.08 Å². The molecule has 0 saturated heterocycles. The highest BCUT2D eigenvalue weighted by Gasteiger charge is 2.13. The molecule has 0 atom stereocenters. The van der Waals surface area contributed by atoms with Crippen LogP contribution in [0.5, 0.6) is 0 Å². The molecule has 0 unspecified atom stereocenters. The molecule has 0 radical (unpaired) electrons. The second kappa shape index (κ2) is 6.98. The van der Waals surface area contributed by atoms with E-state index in [1.165, 1.54) is 6.08 Å². The topological polar surface area (TPSA) is 40.5 Å². The van der Waals surface area contributed by atoms with Gasteiger partial charge in [-0.25, -0.2) is 4.79 Å². The SMILES string of the molecule is CCC(CC)N(C)c1ccc(C)cc1/C=C/C(=O)O. The number of rotatable bonds is 6. The number of nitrogens with zero attached hydrogens (tertiary/aromatic N) is 1. The summed E-state index contributed by atoms with van der Waals surface area (Å²) in [5, 5.41) is 8.77. The summed E-state index contributed by atoms with van der Waals surface area (Å²) in [5.41, 5.74) is 3.17. The molecule has 1 aromatic rings. The van der Waals surface area contributed by atoms with Gasteiger partial charge in [-0.2, -0.15) is 0 Å². The van der Waals surface area contributed by atoms with E-state index in [4.69, 9.17) is 5.11 Å². The number of carbonyl (C=O) groups is 1. The first-order valence-electron chi connectivity index (χ1n) is 6.74. The lowest BCUT2D eigenvalue weighted by Crippen LogP contribution is -2.30. The molecule has 104 valence electrons. The Hall–Kier alpha value is -1.77. The molecule has 0 heterocycles. The van der Waals surface area contributed by atoms with E-state index in [2.05, 4.69) is 37.9 Å². The zero-order valence-electron chi connectivity index (χ0n) is 12.2. The van der Waals surface area contributed by atoms with Crippen LogP contribution < -0.4 is 4.90 Å². The molecular weight excluding hydrogens is 238 g/mol. The maximum Gasteiger partial charge on any atom is 0.328 e. The predicted octanol–water partition coefficient (Wildman–Crippen LogP) is 3.72. The van der Waals surface area contributed by atoms with Gasteiger partial charge in [0.05, 0.1) is 0 Å². The molecule has 3 heteroatoms. The van der Waals surface area contributed by atoms with Crippen molar-refractivity contribution in [2.24, 2.45) is 0 Å². The molecule has 0 aliphatic heterocycles. The van der Waals surface area contributed by atoms with Crippen molar-refractivity contribution in [3.8, 4) is 0 Å². The lowest BCUT2D eigenvalue weighted by molar-refractivity contribution is -0.131. The van der Waals surface area contributed by atoms with Crippen LogP contribution in [0.2, 0.25) is 0 Å². The summed E-state index contributed by atoms with van der Waals surface area (Å²) in [6.45, 7) is 6.36. The first-order chi connectivity index (χ1) is 8.99. The van der Waals surface area contributed by atoms with Crippen LogP contribution in [-0.2, 0) is 4.79 Å². The van der Waals surface area contributed by atoms with Gasteiger partial charge in [-0.05, 0) is 43.5 Å². The van der Waals surface area contributed by atoms with E-state index in [9.17, 15) is 4.79 Å². The van der Waals surface area contributed by atoms with Gasteiger partial charge in [0.2, 0.25) is 0 Å². The molecule has 0 aliphatic carbocycles. The Morgan fingerprint density at radius 3 is 2.53 bits per heavy atom. The highest BCUT2D eigenvalue weighted by Crippen LogP contribution is 2.25. The summed E-state index contributed by atoms with van der Waals surface area (Å²) in [5.74, 6) is -0.919. The summed E-state index contributed by atoms with van der Waals surface area (Å²) in [4.78, 5) is 12.9. The smallest absolute Gasteiger partial charge is 0.328 e. The van der Waals surface area contributed by atoms with E-state index < -0.39 is 5.97 Å². The number of hydrogen-bond donors (Lipinski definition) is 1. The van der Waals surface area contributed by atoms with E-state index >= 15 is 0 Å². The zero-order valence-corrected chi connectivity index (χ0v) is 12.2. The molecule has 0 spiro atoms. The summed E-state index contributed by atoms with van der Waals surface area (Å²) in [6.07, 6.45) is 5.01. The summed E-state index contributed by atoms with van der Waals surface area (Å²) in [7, 11) is 2.07. The number of anilines is 1. The molecule has 0 amide bonds. The van der Waals surface area contributed by atoms with Crippen LogP contribution in [0.4, 0.5) is 5.69 Å². The van der Waals surface area contributed by atoms with Crippen molar-refractivity contribution >= 4 is 17.7 Å². The van der Waals surface area contributed by atoms with Crippen molar-refractivity contribution < 1.29 is 9.90 Å². The minimum atomic E-state index is -0.919. The van der Waals surface area contributed by atoms with Gasteiger partial charge in [-0.3, -0.25) is 0 Å². The first-order valence-corrected chi connectivity index (χ1v) is 6.74. The summed E-state index contributed by atoms with van der Waals surface area (Å²) < 4.78 is 0. The summed E-state index contributed by atoms with van der Waals surface area (Å²) in [6, 6.07) is 6.62. The largest absolute Gasteiger partial charge is 0.478 e. The Morgan fingerprint density at radius 1 is 1.37 bits per heavy atom. The van der Waals surface area contributed by atoms with Gasteiger partial charge in [0, 0.05) is 24.9 Å². The molecule has 0 bridgehead atoms. The third kappa shape index (κ3) is 4.12. The van der Waals surface area contributed by atoms with Crippen molar-refractivity contribution in [2.45, 2.75) is 39.7 Å². The lowest BCUT2D eigenvalue weighted by Gasteiger charge is -2.30. The quantitative estimate of drug-likeness (QED) is 0.793.